The van der Waals surface area contributed by atoms with Crippen LogP contribution in [0.4, 0.5) is 8.78 Å². The van der Waals surface area contributed by atoms with E-state index in [1.165, 1.54) is 13.2 Å². The van der Waals surface area contributed by atoms with Crippen LogP contribution in [0.15, 0.2) is 18.2 Å². The van der Waals surface area contributed by atoms with E-state index in [9.17, 15) is 8.78 Å². The molecule has 0 aliphatic heterocycles. The lowest BCUT2D eigenvalue weighted by Crippen LogP contribution is -1.99. The van der Waals surface area contributed by atoms with Crippen LogP contribution in [-0.2, 0) is 4.74 Å². The maximum Gasteiger partial charge on any atom is 0.188 e. The molecule has 0 bridgehead atoms. The zero-order valence-corrected chi connectivity index (χ0v) is 6.51. The maximum atomic E-state index is 12.5. The first-order chi connectivity index (χ1) is 5.74. The third-order valence-corrected chi connectivity index (χ3v) is 1.23. The van der Waals surface area contributed by atoms with Gasteiger partial charge in [0.2, 0.25) is 0 Å². The summed E-state index contributed by atoms with van der Waals surface area (Å²) in [6, 6.07) is 3.30. The molecule has 0 aliphatic carbocycles. The summed E-state index contributed by atoms with van der Waals surface area (Å²) in [7, 11) is 1.44. The minimum atomic E-state index is -0.927. The van der Waals surface area contributed by atoms with Gasteiger partial charge in [0.25, 0.3) is 0 Å². The molecule has 0 saturated carbocycles. The Morgan fingerprint density at radius 2 is 2.00 bits per heavy atom. The van der Waals surface area contributed by atoms with Gasteiger partial charge in [-0.25, -0.2) is 8.78 Å². The highest BCUT2D eigenvalue weighted by Crippen LogP contribution is 2.14. The van der Waals surface area contributed by atoms with Crippen LogP contribution >= 0.6 is 0 Å². The van der Waals surface area contributed by atoms with Crippen molar-refractivity contribution in [2.45, 2.75) is 0 Å². The summed E-state index contributed by atoms with van der Waals surface area (Å²) >= 11 is 0. The number of ether oxygens (including phenoxy) is 2. The SMILES string of the molecule is COCOc1ccc(F)c(F)c1. The first-order valence-corrected chi connectivity index (χ1v) is 3.31. The fraction of sp³-hybridized carbons (Fsp3) is 0.250. The van der Waals surface area contributed by atoms with Crippen molar-refractivity contribution < 1.29 is 18.3 Å². The van der Waals surface area contributed by atoms with E-state index in [1.807, 2.05) is 0 Å². The van der Waals surface area contributed by atoms with Crippen molar-refractivity contribution in [3.63, 3.8) is 0 Å². The van der Waals surface area contributed by atoms with E-state index in [-0.39, 0.29) is 12.5 Å². The van der Waals surface area contributed by atoms with Gasteiger partial charge in [0.05, 0.1) is 0 Å². The fourth-order valence-electron chi connectivity index (χ4n) is 0.694. The largest absolute Gasteiger partial charge is 0.467 e. The smallest absolute Gasteiger partial charge is 0.188 e. The molecule has 1 aromatic carbocycles. The second-order valence-corrected chi connectivity index (χ2v) is 2.13. The van der Waals surface area contributed by atoms with E-state index < -0.39 is 11.6 Å². The van der Waals surface area contributed by atoms with Crippen LogP contribution in [-0.4, -0.2) is 13.9 Å². The van der Waals surface area contributed by atoms with Gasteiger partial charge in [-0.2, -0.15) is 0 Å². The molecule has 0 aromatic heterocycles. The van der Waals surface area contributed by atoms with Crippen molar-refractivity contribution >= 4 is 0 Å². The first kappa shape index (κ1) is 8.93. The Morgan fingerprint density at radius 1 is 1.25 bits per heavy atom. The van der Waals surface area contributed by atoms with Crippen LogP contribution in [0, 0.1) is 11.6 Å². The lowest BCUT2D eigenvalue weighted by molar-refractivity contribution is 0.0508. The average molecular weight is 174 g/mol. The van der Waals surface area contributed by atoms with Gasteiger partial charge in [0.15, 0.2) is 18.4 Å². The molecule has 2 nitrogen and oxygen atoms in total. The van der Waals surface area contributed by atoms with E-state index in [2.05, 4.69) is 4.74 Å². The van der Waals surface area contributed by atoms with Crippen molar-refractivity contribution in [3.8, 4) is 5.75 Å². The molecule has 0 amide bonds. The molecule has 12 heavy (non-hydrogen) atoms. The van der Waals surface area contributed by atoms with Gasteiger partial charge in [0, 0.05) is 13.2 Å². The Labute approximate surface area is 68.7 Å². The monoisotopic (exact) mass is 174 g/mol. The van der Waals surface area contributed by atoms with E-state index in [1.54, 1.807) is 0 Å². The molecular formula is C8H8F2O2. The molecular weight excluding hydrogens is 166 g/mol. The second kappa shape index (κ2) is 4.01. The Morgan fingerprint density at radius 3 is 2.58 bits per heavy atom. The molecule has 0 aliphatic rings. The number of hydrogen-bond donors (Lipinski definition) is 0. The van der Waals surface area contributed by atoms with Gasteiger partial charge in [-0.05, 0) is 12.1 Å². The molecule has 0 spiro atoms. The van der Waals surface area contributed by atoms with Crippen molar-refractivity contribution in [1.82, 2.24) is 0 Å². The summed E-state index contributed by atoms with van der Waals surface area (Å²) in [4.78, 5) is 0. The van der Waals surface area contributed by atoms with Crippen LogP contribution in [0.1, 0.15) is 0 Å². The molecule has 0 N–H and O–H groups in total. The van der Waals surface area contributed by atoms with Crippen molar-refractivity contribution in [1.29, 1.82) is 0 Å². The molecule has 66 valence electrons. The molecule has 1 rings (SSSR count). The lowest BCUT2D eigenvalue weighted by atomic mass is 10.3. The van der Waals surface area contributed by atoms with Gasteiger partial charge < -0.3 is 9.47 Å². The lowest BCUT2D eigenvalue weighted by Gasteiger charge is -2.03. The zero-order chi connectivity index (χ0) is 8.97. The molecule has 0 heterocycles. The van der Waals surface area contributed by atoms with Gasteiger partial charge in [-0.1, -0.05) is 0 Å². The van der Waals surface area contributed by atoms with Gasteiger partial charge in [-0.3, -0.25) is 0 Å². The molecule has 0 atom stereocenters. The quantitative estimate of drug-likeness (QED) is 0.652. The number of benzene rings is 1. The zero-order valence-electron chi connectivity index (χ0n) is 6.51. The topological polar surface area (TPSA) is 18.5 Å². The minimum absolute atomic E-state index is 0.0189. The van der Waals surface area contributed by atoms with Crippen LogP contribution in [0.25, 0.3) is 0 Å². The molecule has 0 radical (unpaired) electrons. The summed E-state index contributed by atoms with van der Waals surface area (Å²) < 4.78 is 34.3. The summed E-state index contributed by atoms with van der Waals surface area (Å²) in [5.41, 5.74) is 0. The third kappa shape index (κ3) is 2.17. The molecule has 0 unspecified atom stereocenters. The second-order valence-electron chi connectivity index (χ2n) is 2.13. The van der Waals surface area contributed by atoms with Crippen molar-refractivity contribution in [3.05, 3.63) is 29.8 Å². The maximum absolute atomic E-state index is 12.5. The Kier molecular flexibility index (Phi) is 2.99. The van der Waals surface area contributed by atoms with E-state index >= 15 is 0 Å². The summed E-state index contributed by atoms with van der Waals surface area (Å²) in [6.45, 7) is 0.0189. The molecule has 0 fully saturated rings. The Hall–Kier alpha value is -1.16. The van der Waals surface area contributed by atoms with Crippen molar-refractivity contribution in [2.75, 3.05) is 13.9 Å². The van der Waals surface area contributed by atoms with Crippen LogP contribution in [0.3, 0.4) is 0 Å². The molecule has 1 aromatic rings. The highest BCUT2D eigenvalue weighted by Gasteiger charge is 2.02. The third-order valence-electron chi connectivity index (χ3n) is 1.23. The van der Waals surface area contributed by atoms with Gasteiger partial charge in [0.1, 0.15) is 5.75 Å². The first-order valence-electron chi connectivity index (χ1n) is 3.31. The predicted molar refractivity (Wildman–Crippen MR) is 38.9 cm³/mol. The van der Waals surface area contributed by atoms with E-state index in [0.29, 0.717) is 0 Å². The summed E-state index contributed by atoms with van der Waals surface area (Å²) in [5, 5.41) is 0. The normalized spacial score (nSPS) is 9.92. The van der Waals surface area contributed by atoms with E-state index in [4.69, 9.17) is 4.74 Å². The van der Waals surface area contributed by atoms with Crippen molar-refractivity contribution in [2.24, 2.45) is 0 Å². The fourth-order valence-corrected chi connectivity index (χ4v) is 0.694. The molecule has 4 heteroatoms. The van der Waals surface area contributed by atoms with Gasteiger partial charge >= 0.3 is 0 Å². The predicted octanol–water partition coefficient (Wildman–Crippen LogP) is 1.95. The van der Waals surface area contributed by atoms with Crippen LogP contribution in [0.5, 0.6) is 5.75 Å². The van der Waals surface area contributed by atoms with Crippen LogP contribution < -0.4 is 4.74 Å². The number of rotatable bonds is 3. The summed E-state index contributed by atoms with van der Waals surface area (Å²) in [5.74, 6) is -1.57. The number of halogens is 2. The van der Waals surface area contributed by atoms with Gasteiger partial charge in [-0.15, -0.1) is 0 Å². The highest BCUT2D eigenvalue weighted by atomic mass is 19.2. The average Bonchev–Trinajstić information content (AvgIpc) is 2.07. The summed E-state index contributed by atoms with van der Waals surface area (Å²) in [6.07, 6.45) is 0. The van der Waals surface area contributed by atoms with Crippen LogP contribution in [0.2, 0.25) is 0 Å². The number of hydrogen-bond acceptors (Lipinski definition) is 2. The minimum Gasteiger partial charge on any atom is -0.467 e. The standard InChI is InChI=1S/C8H8F2O2/c1-11-5-12-6-2-3-7(9)8(10)4-6/h2-4H,5H2,1H3. The number of methoxy groups -OCH3 is 1. The Balaban J connectivity index is 2.69. The molecule has 0 saturated heterocycles. The van der Waals surface area contributed by atoms with E-state index in [0.717, 1.165) is 12.1 Å². The highest BCUT2D eigenvalue weighted by molar-refractivity contribution is 5.23. The Bertz CT molecular complexity index is 263.